The van der Waals surface area contributed by atoms with E-state index >= 15 is 0 Å². The van der Waals surface area contributed by atoms with Gasteiger partial charge in [-0.3, -0.25) is 9.69 Å². The van der Waals surface area contributed by atoms with Gasteiger partial charge in [-0.25, -0.2) is 0 Å². The Kier molecular flexibility index (Phi) is 6.32. The summed E-state index contributed by atoms with van der Waals surface area (Å²) in [7, 11) is 1.27. The van der Waals surface area contributed by atoms with Gasteiger partial charge in [-0.05, 0) is 42.0 Å². The molecule has 1 aliphatic heterocycles. The van der Waals surface area contributed by atoms with Gasteiger partial charge in [0, 0.05) is 0 Å². The Hall–Kier alpha value is -2.66. The number of alkyl halides is 5. The second kappa shape index (κ2) is 8.60. The van der Waals surface area contributed by atoms with E-state index in [0.29, 0.717) is 5.56 Å². The van der Waals surface area contributed by atoms with Gasteiger partial charge in [-0.2, -0.15) is 22.0 Å². The van der Waals surface area contributed by atoms with Crippen molar-refractivity contribution in [3.63, 3.8) is 0 Å². The van der Waals surface area contributed by atoms with Crippen LogP contribution in [0.2, 0.25) is 0 Å². The van der Waals surface area contributed by atoms with Crippen molar-refractivity contribution in [2.24, 2.45) is 0 Å². The summed E-state index contributed by atoms with van der Waals surface area (Å²) < 4.78 is 73.2. The number of thiocarbonyl (C=S) groups is 1. The summed E-state index contributed by atoms with van der Waals surface area (Å²) in [6.07, 6.45) is -3.13. The first-order valence-electron chi connectivity index (χ1n) is 8.18. The predicted molar refractivity (Wildman–Crippen MR) is 107 cm³/mol. The topological polar surface area (TPSA) is 38.8 Å². The Bertz CT molecular complexity index is 1020. The quantitative estimate of drug-likeness (QED) is 0.324. The van der Waals surface area contributed by atoms with Gasteiger partial charge in [0.15, 0.2) is 15.8 Å². The van der Waals surface area contributed by atoms with Gasteiger partial charge in [0.1, 0.15) is 0 Å². The maximum absolute atomic E-state index is 13.0. The summed E-state index contributed by atoms with van der Waals surface area (Å²) in [6, 6.07) is 8.34. The third-order valence-electron chi connectivity index (χ3n) is 3.93. The Morgan fingerprint density at radius 3 is 2.50 bits per heavy atom. The van der Waals surface area contributed by atoms with Crippen molar-refractivity contribution in [3.05, 3.63) is 58.5 Å². The fraction of sp³-hybridized carbons (Fsp3) is 0.158. The normalized spacial score (nSPS) is 16.0. The van der Waals surface area contributed by atoms with Gasteiger partial charge in [0.2, 0.25) is 0 Å². The van der Waals surface area contributed by atoms with Gasteiger partial charge in [0.05, 0.1) is 23.3 Å². The first-order valence-corrected chi connectivity index (χ1v) is 9.40. The molecule has 30 heavy (non-hydrogen) atoms. The number of ether oxygens (including phenoxy) is 2. The van der Waals surface area contributed by atoms with Crippen LogP contribution in [0, 0.1) is 0 Å². The van der Waals surface area contributed by atoms with E-state index in [4.69, 9.17) is 17.0 Å². The zero-order valence-corrected chi connectivity index (χ0v) is 16.7. The molecule has 158 valence electrons. The van der Waals surface area contributed by atoms with Crippen molar-refractivity contribution in [1.82, 2.24) is 0 Å². The molecule has 0 atom stereocenters. The first-order chi connectivity index (χ1) is 14.1. The Morgan fingerprint density at radius 1 is 1.13 bits per heavy atom. The van der Waals surface area contributed by atoms with Crippen LogP contribution in [0.1, 0.15) is 11.1 Å². The summed E-state index contributed by atoms with van der Waals surface area (Å²) >= 11 is 6.07. The molecule has 0 radical (unpaired) electrons. The van der Waals surface area contributed by atoms with Gasteiger partial charge in [-0.15, -0.1) is 0 Å². The molecule has 11 heteroatoms. The van der Waals surface area contributed by atoms with Gasteiger partial charge < -0.3 is 9.47 Å². The number of methoxy groups -OCH3 is 1. The van der Waals surface area contributed by atoms with E-state index in [1.54, 1.807) is 0 Å². The molecule has 0 aliphatic carbocycles. The minimum atomic E-state index is -4.56. The number of carbonyl (C=O) groups is 1. The molecule has 0 unspecified atom stereocenters. The highest BCUT2D eigenvalue weighted by atomic mass is 32.2. The van der Waals surface area contributed by atoms with Crippen LogP contribution in [-0.4, -0.2) is 23.9 Å². The molecule has 0 spiro atoms. The number of hydrogen-bond acceptors (Lipinski definition) is 5. The summed E-state index contributed by atoms with van der Waals surface area (Å²) in [5.74, 6) is -0.755. The van der Waals surface area contributed by atoms with Crippen molar-refractivity contribution < 1.29 is 36.2 Å². The van der Waals surface area contributed by atoms with Crippen LogP contribution in [-0.2, 0) is 11.0 Å². The maximum atomic E-state index is 13.0. The predicted octanol–water partition coefficient (Wildman–Crippen LogP) is 5.72. The number of halogens is 5. The van der Waals surface area contributed by atoms with E-state index in [1.165, 1.54) is 43.5 Å². The molecule has 2 aromatic rings. The summed E-state index contributed by atoms with van der Waals surface area (Å²) in [5, 5.41) is 0. The van der Waals surface area contributed by atoms with E-state index in [9.17, 15) is 26.7 Å². The highest BCUT2D eigenvalue weighted by Crippen LogP contribution is 2.39. The molecule has 4 nitrogen and oxygen atoms in total. The summed E-state index contributed by atoms with van der Waals surface area (Å²) in [5.41, 5.74) is -0.482. The number of hydrogen-bond donors (Lipinski definition) is 0. The number of thioether (sulfide) groups is 1. The zero-order valence-electron chi connectivity index (χ0n) is 15.1. The second-order valence-electron chi connectivity index (χ2n) is 5.85. The smallest absolute Gasteiger partial charge is 0.416 e. The van der Waals surface area contributed by atoms with Crippen molar-refractivity contribution in [1.29, 1.82) is 0 Å². The molecule has 1 aliphatic rings. The monoisotopic (exact) mass is 461 g/mol. The molecule has 3 rings (SSSR count). The van der Waals surface area contributed by atoms with Crippen LogP contribution >= 0.6 is 24.0 Å². The highest BCUT2D eigenvalue weighted by Gasteiger charge is 2.36. The molecule has 0 aromatic heterocycles. The van der Waals surface area contributed by atoms with E-state index in [1.807, 2.05) is 0 Å². The van der Waals surface area contributed by atoms with Crippen molar-refractivity contribution in [3.8, 4) is 11.5 Å². The van der Waals surface area contributed by atoms with E-state index in [0.717, 1.165) is 28.8 Å². The average Bonchev–Trinajstić information content (AvgIpc) is 2.95. The number of carbonyl (C=O) groups excluding carboxylic acids is 1. The van der Waals surface area contributed by atoms with Crippen LogP contribution in [0.4, 0.5) is 27.6 Å². The van der Waals surface area contributed by atoms with Crippen LogP contribution < -0.4 is 14.4 Å². The molecular weight excluding hydrogens is 449 g/mol. The zero-order chi connectivity index (χ0) is 22.1. The Morgan fingerprint density at radius 2 is 1.87 bits per heavy atom. The largest absolute Gasteiger partial charge is 0.493 e. The Balaban J connectivity index is 1.90. The molecule has 1 saturated heterocycles. The average molecular weight is 461 g/mol. The third-order valence-corrected chi connectivity index (χ3v) is 5.23. The standard InChI is InChI=1S/C19H12F5NO3S2/c1-27-14-7-10(5-6-13(14)28-17(20)21)8-15-16(26)25(18(29)30-15)12-4-2-3-11(9-12)19(22,23)24/h2-9,17H,1H3/b15-8+. The number of benzene rings is 2. The summed E-state index contributed by atoms with van der Waals surface area (Å²) in [6.45, 7) is -3.03. The molecule has 2 aromatic carbocycles. The maximum Gasteiger partial charge on any atom is 0.416 e. The number of anilines is 1. The van der Waals surface area contributed by atoms with Crippen molar-refractivity contribution in [2.45, 2.75) is 12.8 Å². The molecule has 0 N–H and O–H groups in total. The van der Waals surface area contributed by atoms with Crippen LogP contribution in [0.3, 0.4) is 0 Å². The van der Waals surface area contributed by atoms with Crippen LogP contribution in [0.25, 0.3) is 6.08 Å². The van der Waals surface area contributed by atoms with Gasteiger partial charge >= 0.3 is 12.8 Å². The number of rotatable bonds is 5. The molecule has 1 amide bonds. The fourth-order valence-corrected chi connectivity index (χ4v) is 3.93. The summed E-state index contributed by atoms with van der Waals surface area (Å²) in [4.78, 5) is 13.9. The Labute approximate surface area is 177 Å². The van der Waals surface area contributed by atoms with Gasteiger partial charge in [0.25, 0.3) is 5.91 Å². The second-order valence-corrected chi connectivity index (χ2v) is 7.53. The lowest BCUT2D eigenvalue weighted by atomic mass is 10.1. The van der Waals surface area contributed by atoms with E-state index in [2.05, 4.69) is 4.74 Å². The molecule has 1 fully saturated rings. The minimum absolute atomic E-state index is 0.00557. The van der Waals surface area contributed by atoms with Crippen molar-refractivity contribution >= 4 is 46.0 Å². The lowest BCUT2D eigenvalue weighted by molar-refractivity contribution is -0.137. The minimum Gasteiger partial charge on any atom is -0.493 e. The SMILES string of the molecule is COc1cc(/C=C2/SC(=S)N(c3cccc(C(F)(F)F)c3)C2=O)ccc1OC(F)F. The lowest BCUT2D eigenvalue weighted by Crippen LogP contribution is -2.27. The first kappa shape index (κ1) is 22.0. The number of amides is 1. The highest BCUT2D eigenvalue weighted by molar-refractivity contribution is 8.27. The molecule has 1 heterocycles. The van der Waals surface area contributed by atoms with E-state index < -0.39 is 24.3 Å². The van der Waals surface area contributed by atoms with E-state index in [-0.39, 0.29) is 26.4 Å². The molecule has 0 saturated carbocycles. The third kappa shape index (κ3) is 4.73. The molecule has 0 bridgehead atoms. The molecular formula is C19H12F5NO3S2. The van der Waals surface area contributed by atoms with Crippen LogP contribution in [0.15, 0.2) is 47.4 Å². The van der Waals surface area contributed by atoms with Gasteiger partial charge in [-0.1, -0.05) is 36.1 Å². The van der Waals surface area contributed by atoms with Crippen molar-refractivity contribution in [2.75, 3.05) is 12.0 Å². The number of nitrogens with zero attached hydrogens (tertiary/aromatic N) is 1. The lowest BCUT2D eigenvalue weighted by Gasteiger charge is -2.16. The fourth-order valence-electron chi connectivity index (χ4n) is 2.63. The van der Waals surface area contributed by atoms with Crippen LogP contribution in [0.5, 0.6) is 11.5 Å².